The Morgan fingerprint density at radius 3 is 2.43 bits per heavy atom. The van der Waals surface area contributed by atoms with E-state index in [9.17, 15) is 23.1 Å². The Balaban J connectivity index is 2.64. The standard InChI is InChI=1S/C9H11F3O2/c1-5-6(2-3-9(10,11)12)8(14)4-7(5)13/h7,13H,2-4H2,1H3. The third kappa shape index (κ3) is 2.57. The first-order chi connectivity index (χ1) is 6.31. The molecular formula is C9H11F3O2. The molecule has 0 aliphatic heterocycles. The van der Waals surface area contributed by atoms with Gasteiger partial charge in [0, 0.05) is 12.8 Å². The first-order valence-corrected chi connectivity index (χ1v) is 4.29. The van der Waals surface area contributed by atoms with E-state index in [-0.39, 0.29) is 24.2 Å². The number of alkyl halides is 3. The van der Waals surface area contributed by atoms with Crippen LogP contribution in [0.5, 0.6) is 0 Å². The van der Waals surface area contributed by atoms with E-state index in [2.05, 4.69) is 0 Å². The van der Waals surface area contributed by atoms with Gasteiger partial charge in [0.05, 0.1) is 6.10 Å². The number of aliphatic hydroxyl groups is 1. The number of hydrogen-bond acceptors (Lipinski definition) is 2. The van der Waals surface area contributed by atoms with Crippen LogP contribution in [0.4, 0.5) is 13.2 Å². The van der Waals surface area contributed by atoms with Crippen LogP contribution in [0.2, 0.25) is 0 Å². The zero-order valence-corrected chi connectivity index (χ0v) is 7.69. The van der Waals surface area contributed by atoms with E-state index >= 15 is 0 Å². The molecule has 1 aliphatic rings. The zero-order chi connectivity index (χ0) is 10.9. The van der Waals surface area contributed by atoms with Gasteiger partial charge >= 0.3 is 6.18 Å². The lowest BCUT2D eigenvalue weighted by Crippen LogP contribution is -2.09. The van der Waals surface area contributed by atoms with Crippen molar-refractivity contribution in [1.29, 1.82) is 0 Å². The van der Waals surface area contributed by atoms with Crippen LogP contribution in [0.3, 0.4) is 0 Å². The molecule has 0 spiro atoms. The molecule has 0 saturated carbocycles. The number of rotatable bonds is 2. The highest BCUT2D eigenvalue weighted by molar-refractivity contribution is 5.99. The van der Waals surface area contributed by atoms with E-state index in [0.717, 1.165) is 0 Å². The van der Waals surface area contributed by atoms with Crippen LogP contribution >= 0.6 is 0 Å². The third-order valence-corrected chi connectivity index (χ3v) is 2.35. The lowest BCUT2D eigenvalue weighted by atomic mass is 10.1. The minimum atomic E-state index is -4.25. The van der Waals surface area contributed by atoms with Crippen LogP contribution in [0.25, 0.3) is 0 Å². The molecule has 0 fully saturated rings. The number of hydrogen-bond donors (Lipinski definition) is 1. The quantitative estimate of drug-likeness (QED) is 0.753. The van der Waals surface area contributed by atoms with Crippen molar-refractivity contribution in [3.63, 3.8) is 0 Å². The molecule has 1 N–H and O–H groups in total. The number of aliphatic hydroxyl groups excluding tert-OH is 1. The maximum atomic E-state index is 11.9. The van der Waals surface area contributed by atoms with Crippen molar-refractivity contribution >= 4 is 5.78 Å². The lowest BCUT2D eigenvalue weighted by Gasteiger charge is -2.06. The molecule has 1 unspecified atom stereocenters. The van der Waals surface area contributed by atoms with E-state index in [1.165, 1.54) is 6.92 Å². The number of carbonyl (C=O) groups excluding carboxylic acids is 1. The molecule has 0 aromatic heterocycles. The molecule has 0 saturated heterocycles. The van der Waals surface area contributed by atoms with Gasteiger partial charge in [0.2, 0.25) is 0 Å². The van der Waals surface area contributed by atoms with Crippen LogP contribution in [-0.2, 0) is 4.79 Å². The summed E-state index contributed by atoms with van der Waals surface area (Å²) in [6.45, 7) is 1.50. The van der Waals surface area contributed by atoms with Gasteiger partial charge in [0.15, 0.2) is 5.78 Å². The largest absolute Gasteiger partial charge is 0.389 e. The second kappa shape index (κ2) is 3.73. The summed E-state index contributed by atoms with van der Waals surface area (Å²) >= 11 is 0. The van der Waals surface area contributed by atoms with Gasteiger partial charge in [-0.3, -0.25) is 4.79 Å². The van der Waals surface area contributed by atoms with E-state index in [4.69, 9.17) is 0 Å². The van der Waals surface area contributed by atoms with E-state index in [1.807, 2.05) is 0 Å². The fourth-order valence-corrected chi connectivity index (χ4v) is 1.48. The van der Waals surface area contributed by atoms with Crippen LogP contribution in [0, 0.1) is 0 Å². The molecule has 2 nitrogen and oxygen atoms in total. The van der Waals surface area contributed by atoms with Crippen molar-refractivity contribution in [3.8, 4) is 0 Å². The molecule has 5 heteroatoms. The number of ketones is 1. The topological polar surface area (TPSA) is 37.3 Å². The summed E-state index contributed by atoms with van der Waals surface area (Å²) in [5.41, 5.74) is 0.536. The van der Waals surface area contributed by atoms with Crippen molar-refractivity contribution in [2.45, 2.75) is 38.5 Å². The van der Waals surface area contributed by atoms with Crippen LogP contribution in [-0.4, -0.2) is 23.2 Å². The normalized spacial score (nSPS) is 23.5. The summed E-state index contributed by atoms with van der Waals surface area (Å²) in [6.07, 6.45) is -6.52. The monoisotopic (exact) mass is 208 g/mol. The molecule has 0 aromatic carbocycles. The van der Waals surface area contributed by atoms with Gasteiger partial charge in [-0.2, -0.15) is 13.2 Å². The Bertz CT molecular complexity index is 278. The van der Waals surface area contributed by atoms with Crippen LogP contribution in [0.15, 0.2) is 11.1 Å². The van der Waals surface area contributed by atoms with Gasteiger partial charge in [-0.25, -0.2) is 0 Å². The third-order valence-electron chi connectivity index (χ3n) is 2.35. The summed E-state index contributed by atoms with van der Waals surface area (Å²) in [7, 11) is 0. The Kier molecular flexibility index (Phi) is 2.99. The van der Waals surface area contributed by atoms with Crippen molar-refractivity contribution in [3.05, 3.63) is 11.1 Å². The van der Waals surface area contributed by atoms with Crippen molar-refractivity contribution in [2.24, 2.45) is 0 Å². The highest BCUT2D eigenvalue weighted by Crippen LogP contribution is 2.30. The Morgan fingerprint density at radius 1 is 1.50 bits per heavy atom. The van der Waals surface area contributed by atoms with E-state index in [0.29, 0.717) is 5.57 Å². The molecule has 0 amide bonds. The molecule has 0 heterocycles. The summed E-state index contributed by atoms with van der Waals surface area (Å²) in [6, 6.07) is 0. The summed E-state index contributed by atoms with van der Waals surface area (Å²) in [4.78, 5) is 11.1. The van der Waals surface area contributed by atoms with Gasteiger partial charge in [-0.1, -0.05) is 0 Å². The molecule has 1 rings (SSSR count). The molecule has 14 heavy (non-hydrogen) atoms. The van der Waals surface area contributed by atoms with Crippen LogP contribution < -0.4 is 0 Å². The predicted molar refractivity (Wildman–Crippen MR) is 43.6 cm³/mol. The highest BCUT2D eigenvalue weighted by atomic mass is 19.4. The summed E-state index contributed by atoms with van der Waals surface area (Å²) in [5.74, 6) is -0.362. The van der Waals surface area contributed by atoms with Crippen molar-refractivity contribution in [2.75, 3.05) is 0 Å². The van der Waals surface area contributed by atoms with Gasteiger partial charge in [-0.15, -0.1) is 0 Å². The molecule has 80 valence electrons. The number of carbonyl (C=O) groups is 1. The van der Waals surface area contributed by atoms with Crippen LogP contribution in [0.1, 0.15) is 26.2 Å². The maximum absolute atomic E-state index is 11.9. The molecule has 0 bridgehead atoms. The Labute approximate surface area is 79.4 Å². The fraction of sp³-hybridized carbons (Fsp3) is 0.667. The number of halogens is 3. The van der Waals surface area contributed by atoms with Gasteiger partial charge in [0.1, 0.15) is 0 Å². The molecule has 0 radical (unpaired) electrons. The number of Topliss-reactive ketones (excluding diaryl/α,β-unsaturated/α-hetero) is 1. The van der Waals surface area contributed by atoms with E-state index in [1.54, 1.807) is 0 Å². The van der Waals surface area contributed by atoms with E-state index < -0.39 is 18.7 Å². The summed E-state index contributed by atoms with van der Waals surface area (Å²) < 4.78 is 35.6. The SMILES string of the molecule is CC1=C(CCC(F)(F)F)C(=O)CC1O. The van der Waals surface area contributed by atoms with Gasteiger partial charge in [-0.05, 0) is 24.5 Å². The minimum Gasteiger partial charge on any atom is -0.388 e. The second-order valence-electron chi connectivity index (χ2n) is 3.42. The van der Waals surface area contributed by atoms with Gasteiger partial charge in [0.25, 0.3) is 0 Å². The summed E-state index contributed by atoms with van der Waals surface area (Å²) in [5, 5.41) is 9.21. The fourth-order valence-electron chi connectivity index (χ4n) is 1.48. The first-order valence-electron chi connectivity index (χ1n) is 4.29. The smallest absolute Gasteiger partial charge is 0.388 e. The number of allylic oxidation sites excluding steroid dienone is 1. The predicted octanol–water partition coefficient (Wildman–Crippen LogP) is 1.98. The minimum absolute atomic E-state index is 0.0704. The lowest BCUT2D eigenvalue weighted by molar-refractivity contribution is -0.134. The Hall–Kier alpha value is -0.840. The van der Waals surface area contributed by atoms with Crippen molar-refractivity contribution < 1.29 is 23.1 Å². The Morgan fingerprint density at radius 2 is 2.07 bits per heavy atom. The second-order valence-corrected chi connectivity index (χ2v) is 3.42. The molecule has 1 aliphatic carbocycles. The average molecular weight is 208 g/mol. The average Bonchev–Trinajstić information content (AvgIpc) is 2.23. The first kappa shape index (κ1) is 11.2. The van der Waals surface area contributed by atoms with Crippen molar-refractivity contribution in [1.82, 2.24) is 0 Å². The molecule has 1 atom stereocenters. The molecular weight excluding hydrogens is 197 g/mol. The highest BCUT2D eigenvalue weighted by Gasteiger charge is 2.32. The van der Waals surface area contributed by atoms with Gasteiger partial charge < -0.3 is 5.11 Å². The zero-order valence-electron chi connectivity index (χ0n) is 7.69. The maximum Gasteiger partial charge on any atom is 0.389 e. The molecule has 0 aromatic rings.